The molecule has 0 atom stereocenters. The molecule has 0 aliphatic rings. The lowest BCUT2D eigenvalue weighted by Crippen LogP contribution is -2.41. The monoisotopic (exact) mass is 418 g/mol. The number of nitrogens with zero attached hydrogens (tertiary/aromatic N) is 1. The molecule has 0 radical (unpaired) electrons. The topological polar surface area (TPSA) is 130 Å². The molecule has 3 rings (SSSR count). The van der Waals surface area contributed by atoms with Crippen molar-refractivity contribution in [3.63, 3.8) is 0 Å². The third-order valence-electron chi connectivity index (χ3n) is 4.29. The Morgan fingerprint density at radius 1 is 0.742 bits per heavy atom. The van der Waals surface area contributed by atoms with E-state index < -0.39 is 16.7 Å². The Morgan fingerprint density at radius 2 is 1.32 bits per heavy atom. The van der Waals surface area contributed by atoms with Gasteiger partial charge in [0.1, 0.15) is 0 Å². The molecule has 9 heteroatoms. The third kappa shape index (κ3) is 5.51. The van der Waals surface area contributed by atoms with E-state index in [0.29, 0.717) is 11.3 Å². The highest BCUT2D eigenvalue weighted by Gasteiger charge is 2.13. The van der Waals surface area contributed by atoms with Gasteiger partial charge in [-0.05, 0) is 49.4 Å². The number of carbonyl (C=O) groups is 3. The van der Waals surface area contributed by atoms with Gasteiger partial charge in [0.25, 0.3) is 23.4 Å². The van der Waals surface area contributed by atoms with Gasteiger partial charge in [0, 0.05) is 34.5 Å². The number of carbonyl (C=O) groups excluding carboxylic acids is 3. The van der Waals surface area contributed by atoms with E-state index in [9.17, 15) is 24.5 Å². The van der Waals surface area contributed by atoms with Crippen molar-refractivity contribution in [1.29, 1.82) is 0 Å². The molecule has 0 fully saturated rings. The first-order chi connectivity index (χ1) is 14.8. The molecule has 0 aromatic heterocycles. The second-order valence-corrected chi connectivity index (χ2v) is 6.62. The SMILES string of the molecule is Cc1cccc(C(=O)Nc2ccc(C(=O)NNC(=O)c3cccc([N+](=O)[O-])c3)cc2)c1. The molecule has 3 amide bonds. The van der Waals surface area contributed by atoms with E-state index in [1.165, 1.54) is 30.3 Å². The fourth-order valence-corrected chi connectivity index (χ4v) is 2.71. The van der Waals surface area contributed by atoms with Gasteiger partial charge >= 0.3 is 0 Å². The maximum atomic E-state index is 12.3. The zero-order valence-corrected chi connectivity index (χ0v) is 16.4. The highest BCUT2D eigenvalue weighted by atomic mass is 16.6. The van der Waals surface area contributed by atoms with Crippen molar-refractivity contribution in [2.75, 3.05) is 5.32 Å². The largest absolute Gasteiger partial charge is 0.322 e. The Hall–Kier alpha value is -4.53. The van der Waals surface area contributed by atoms with Crippen molar-refractivity contribution >= 4 is 29.1 Å². The first-order valence-electron chi connectivity index (χ1n) is 9.17. The summed E-state index contributed by atoms with van der Waals surface area (Å²) in [4.78, 5) is 46.8. The summed E-state index contributed by atoms with van der Waals surface area (Å²) >= 11 is 0. The molecule has 0 saturated heterocycles. The minimum atomic E-state index is -0.695. The van der Waals surface area contributed by atoms with Crippen LogP contribution in [0, 0.1) is 17.0 Å². The lowest BCUT2D eigenvalue weighted by atomic mass is 10.1. The zero-order chi connectivity index (χ0) is 22.4. The molecular formula is C22H18N4O5. The van der Waals surface area contributed by atoms with Gasteiger partial charge < -0.3 is 5.32 Å². The fourth-order valence-electron chi connectivity index (χ4n) is 2.71. The standard InChI is InChI=1S/C22H18N4O5/c1-14-4-2-5-16(12-14)20(27)23-18-10-8-15(9-11-18)21(28)24-25-22(29)17-6-3-7-19(13-17)26(30)31/h2-13H,1H3,(H,23,27)(H,24,28)(H,25,29). The highest BCUT2D eigenvalue weighted by Crippen LogP contribution is 2.14. The molecule has 0 spiro atoms. The number of aryl methyl sites for hydroxylation is 1. The number of non-ortho nitro benzene ring substituents is 1. The Labute approximate surface area is 177 Å². The van der Waals surface area contributed by atoms with Crippen molar-refractivity contribution in [2.45, 2.75) is 6.92 Å². The summed E-state index contributed by atoms with van der Waals surface area (Å²) < 4.78 is 0. The van der Waals surface area contributed by atoms with E-state index >= 15 is 0 Å². The molecule has 0 aliphatic heterocycles. The van der Waals surface area contributed by atoms with Gasteiger partial charge in [0.15, 0.2) is 0 Å². The predicted octanol–water partition coefficient (Wildman–Crippen LogP) is 3.23. The molecule has 0 bridgehead atoms. The van der Waals surface area contributed by atoms with Crippen LogP contribution in [0.5, 0.6) is 0 Å². The van der Waals surface area contributed by atoms with Crippen LogP contribution in [-0.4, -0.2) is 22.6 Å². The molecule has 0 unspecified atom stereocenters. The van der Waals surface area contributed by atoms with Crippen molar-refractivity contribution in [3.8, 4) is 0 Å². The lowest BCUT2D eigenvalue weighted by molar-refractivity contribution is -0.384. The molecule has 156 valence electrons. The van der Waals surface area contributed by atoms with Crippen molar-refractivity contribution < 1.29 is 19.3 Å². The molecule has 3 aromatic carbocycles. The van der Waals surface area contributed by atoms with Gasteiger partial charge in [0.05, 0.1) is 4.92 Å². The van der Waals surface area contributed by atoms with Gasteiger partial charge in [-0.1, -0.05) is 23.8 Å². The summed E-state index contributed by atoms with van der Waals surface area (Å²) in [6, 6.07) is 18.4. The second kappa shape index (κ2) is 9.31. The predicted molar refractivity (Wildman–Crippen MR) is 114 cm³/mol. The van der Waals surface area contributed by atoms with Gasteiger partial charge in [0.2, 0.25) is 0 Å². The van der Waals surface area contributed by atoms with E-state index in [4.69, 9.17) is 0 Å². The average Bonchev–Trinajstić information content (AvgIpc) is 2.77. The molecule has 31 heavy (non-hydrogen) atoms. The van der Waals surface area contributed by atoms with Gasteiger partial charge in [-0.3, -0.25) is 35.3 Å². The smallest absolute Gasteiger partial charge is 0.270 e. The first-order valence-corrected chi connectivity index (χ1v) is 9.17. The van der Waals surface area contributed by atoms with Crippen LogP contribution in [0.4, 0.5) is 11.4 Å². The Morgan fingerprint density at radius 3 is 1.94 bits per heavy atom. The molecule has 3 aromatic rings. The number of nitrogens with one attached hydrogen (secondary N) is 3. The normalized spacial score (nSPS) is 10.1. The number of hydrogen-bond acceptors (Lipinski definition) is 5. The Bertz CT molecular complexity index is 1160. The minimum absolute atomic E-state index is 0.0312. The van der Waals surface area contributed by atoms with Crippen LogP contribution in [0.2, 0.25) is 0 Å². The lowest BCUT2D eigenvalue weighted by Gasteiger charge is -2.09. The first kappa shape index (κ1) is 21.2. The van der Waals surface area contributed by atoms with E-state index in [1.54, 1.807) is 30.3 Å². The summed E-state index contributed by atoms with van der Waals surface area (Å²) in [7, 11) is 0. The number of benzene rings is 3. The molecule has 3 N–H and O–H groups in total. The zero-order valence-electron chi connectivity index (χ0n) is 16.4. The van der Waals surface area contributed by atoms with Crippen LogP contribution in [0.25, 0.3) is 0 Å². The molecule has 0 aliphatic carbocycles. The van der Waals surface area contributed by atoms with E-state index in [1.807, 2.05) is 13.0 Å². The van der Waals surface area contributed by atoms with E-state index in [0.717, 1.165) is 11.6 Å². The molecule has 0 heterocycles. The number of nitro groups is 1. The number of nitro benzene ring substituents is 1. The van der Waals surface area contributed by atoms with Crippen LogP contribution in [-0.2, 0) is 0 Å². The summed E-state index contributed by atoms with van der Waals surface area (Å²) in [6.07, 6.45) is 0. The van der Waals surface area contributed by atoms with Gasteiger partial charge in [-0.15, -0.1) is 0 Å². The van der Waals surface area contributed by atoms with Crippen molar-refractivity contribution in [1.82, 2.24) is 10.9 Å². The number of amides is 3. The van der Waals surface area contributed by atoms with E-state index in [2.05, 4.69) is 16.2 Å². The molecule has 9 nitrogen and oxygen atoms in total. The summed E-state index contributed by atoms with van der Waals surface area (Å²) in [5.41, 5.74) is 6.48. The minimum Gasteiger partial charge on any atom is -0.322 e. The Kier molecular flexibility index (Phi) is 6.36. The van der Waals surface area contributed by atoms with Crippen molar-refractivity contribution in [2.24, 2.45) is 0 Å². The number of anilines is 1. The maximum Gasteiger partial charge on any atom is 0.270 e. The van der Waals surface area contributed by atoms with Gasteiger partial charge in [-0.25, -0.2) is 0 Å². The van der Waals surface area contributed by atoms with Crippen LogP contribution in [0.1, 0.15) is 36.6 Å². The van der Waals surface area contributed by atoms with Crippen LogP contribution in [0.15, 0.2) is 72.8 Å². The van der Waals surface area contributed by atoms with Gasteiger partial charge in [-0.2, -0.15) is 0 Å². The molecule has 0 saturated carbocycles. The summed E-state index contributed by atoms with van der Waals surface area (Å²) in [5.74, 6) is -1.56. The summed E-state index contributed by atoms with van der Waals surface area (Å²) in [6.45, 7) is 1.89. The fraction of sp³-hybridized carbons (Fsp3) is 0.0455. The number of hydrazine groups is 1. The van der Waals surface area contributed by atoms with Crippen LogP contribution >= 0.6 is 0 Å². The summed E-state index contributed by atoms with van der Waals surface area (Å²) in [5, 5.41) is 13.5. The maximum absolute atomic E-state index is 12.3. The highest BCUT2D eigenvalue weighted by molar-refractivity contribution is 6.05. The average molecular weight is 418 g/mol. The van der Waals surface area contributed by atoms with Crippen molar-refractivity contribution in [3.05, 3.63) is 105 Å². The van der Waals surface area contributed by atoms with E-state index in [-0.39, 0.29) is 22.7 Å². The Balaban J connectivity index is 1.57. The van der Waals surface area contributed by atoms with Crippen LogP contribution in [0.3, 0.4) is 0 Å². The van der Waals surface area contributed by atoms with Crippen LogP contribution < -0.4 is 16.2 Å². The second-order valence-electron chi connectivity index (χ2n) is 6.62. The molecular weight excluding hydrogens is 400 g/mol. The number of rotatable bonds is 5. The number of hydrogen-bond donors (Lipinski definition) is 3. The quantitative estimate of drug-likeness (QED) is 0.433. The third-order valence-corrected chi connectivity index (χ3v) is 4.29.